The van der Waals surface area contributed by atoms with Gasteiger partial charge >= 0.3 is 0 Å². The largest absolute Gasteiger partial charge is 0.404 e. The summed E-state index contributed by atoms with van der Waals surface area (Å²) in [6.07, 6.45) is 3.37. The molecule has 6 rings (SSSR count). The molecule has 0 unspecified atom stereocenters. The van der Waals surface area contributed by atoms with Gasteiger partial charge < -0.3 is 5.73 Å². The minimum Gasteiger partial charge on any atom is -0.404 e. The van der Waals surface area contributed by atoms with Crippen LogP contribution in [0.25, 0.3) is 58.4 Å². The molecule has 0 fully saturated rings. The zero-order valence-electron chi connectivity index (χ0n) is 19.2. The third-order valence-corrected chi connectivity index (χ3v) is 7.73. The molecule has 0 amide bonds. The Balaban J connectivity index is 1.59. The van der Waals surface area contributed by atoms with E-state index in [1.807, 2.05) is 17.4 Å². The van der Waals surface area contributed by atoms with Crippen LogP contribution in [0.3, 0.4) is 0 Å². The van der Waals surface area contributed by atoms with E-state index in [0.717, 1.165) is 16.7 Å². The van der Waals surface area contributed by atoms with Crippen LogP contribution in [0, 0.1) is 11.3 Å². The molecule has 0 aliphatic heterocycles. The SMILES string of the molecule is C/C(C#N)=C\C(=C/N)c1ccc(-c2cc3sc4ccc5ccccc5c4c3c3ccccc23)cc1. The number of hydrogen-bond acceptors (Lipinski definition) is 3. The van der Waals surface area contributed by atoms with Crippen molar-refractivity contribution in [3.05, 3.63) is 114 Å². The third-order valence-electron chi connectivity index (χ3n) is 6.63. The second-order valence-electron chi connectivity index (χ2n) is 8.74. The first-order valence-electron chi connectivity index (χ1n) is 11.5. The summed E-state index contributed by atoms with van der Waals surface area (Å²) in [5.74, 6) is 0. The molecule has 5 aromatic carbocycles. The Bertz CT molecular complexity index is 1860. The van der Waals surface area contributed by atoms with Crippen molar-refractivity contribution >= 4 is 58.6 Å². The molecule has 6 aromatic rings. The van der Waals surface area contributed by atoms with Crippen LogP contribution >= 0.6 is 11.3 Å². The lowest BCUT2D eigenvalue weighted by atomic mass is 9.93. The number of hydrogen-bond donors (Lipinski definition) is 1. The van der Waals surface area contributed by atoms with Crippen LogP contribution in [0.1, 0.15) is 12.5 Å². The normalized spacial score (nSPS) is 12.6. The van der Waals surface area contributed by atoms with Crippen molar-refractivity contribution in [1.29, 1.82) is 5.26 Å². The van der Waals surface area contributed by atoms with Crippen molar-refractivity contribution < 1.29 is 0 Å². The van der Waals surface area contributed by atoms with Gasteiger partial charge in [-0.3, -0.25) is 0 Å². The predicted octanol–water partition coefficient (Wildman–Crippen LogP) is 8.80. The van der Waals surface area contributed by atoms with Crippen LogP contribution in [-0.2, 0) is 0 Å². The van der Waals surface area contributed by atoms with Gasteiger partial charge in [-0.05, 0) is 68.9 Å². The molecule has 2 N–H and O–H groups in total. The van der Waals surface area contributed by atoms with Crippen molar-refractivity contribution in [2.75, 3.05) is 0 Å². The summed E-state index contributed by atoms with van der Waals surface area (Å²) in [6.45, 7) is 1.79. The summed E-state index contributed by atoms with van der Waals surface area (Å²) in [4.78, 5) is 0. The van der Waals surface area contributed by atoms with Crippen molar-refractivity contribution in [2.24, 2.45) is 5.73 Å². The second kappa shape index (κ2) is 8.43. The highest BCUT2D eigenvalue weighted by atomic mass is 32.1. The molecule has 1 aromatic heterocycles. The molecule has 2 nitrogen and oxygen atoms in total. The number of benzene rings is 5. The summed E-state index contributed by atoms with van der Waals surface area (Å²) >= 11 is 1.86. The smallest absolute Gasteiger partial charge is 0.0944 e. The van der Waals surface area contributed by atoms with E-state index < -0.39 is 0 Å². The second-order valence-corrected chi connectivity index (χ2v) is 9.83. The van der Waals surface area contributed by atoms with Crippen molar-refractivity contribution in [3.63, 3.8) is 0 Å². The molecule has 166 valence electrons. The number of rotatable bonds is 3. The van der Waals surface area contributed by atoms with Crippen LogP contribution in [-0.4, -0.2) is 0 Å². The molecule has 0 radical (unpaired) electrons. The number of nitrogens with zero attached hydrogens (tertiary/aromatic N) is 1. The molecule has 1 heterocycles. The standard InChI is InChI=1S/C32H22N2S/c1-20(18-33)16-24(19-34)21-10-12-23(13-11-21)28-17-30-32(27-9-5-4-8-26(27)28)31-25-7-3-2-6-22(25)14-15-29(31)35-30/h2-17,19H,34H2,1H3/b20-16+,24-19+. The Morgan fingerprint density at radius 3 is 2.23 bits per heavy atom. The fourth-order valence-electron chi connectivity index (χ4n) is 4.98. The van der Waals surface area contributed by atoms with E-state index in [4.69, 9.17) is 11.0 Å². The highest BCUT2D eigenvalue weighted by molar-refractivity contribution is 7.26. The van der Waals surface area contributed by atoms with Crippen molar-refractivity contribution in [1.82, 2.24) is 0 Å². The topological polar surface area (TPSA) is 49.8 Å². The van der Waals surface area contributed by atoms with Crippen LogP contribution in [0.2, 0.25) is 0 Å². The van der Waals surface area contributed by atoms with E-state index in [0.29, 0.717) is 5.57 Å². The Labute approximate surface area is 207 Å². The van der Waals surface area contributed by atoms with Crippen LogP contribution in [0.4, 0.5) is 0 Å². The van der Waals surface area contributed by atoms with Gasteiger partial charge in [-0.2, -0.15) is 5.26 Å². The zero-order chi connectivity index (χ0) is 23.9. The average Bonchev–Trinajstić information content (AvgIpc) is 3.30. The Kier molecular flexibility index (Phi) is 5.10. The van der Waals surface area contributed by atoms with Gasteiger partial charge in [0.25, 0.3) is 0 Å². The van der Waals surface area contributed by atoms with Gasteiger partial charge in [0.15, 0.2) is 0 Å². The predicted molar refractivity (Wildman–Crippen MR) is 151 cm³/mol. The lowest BCUT2D eigenvalue weighted by molar-refractivity contribution is 1.44. The van der Waals surface area contributed by atoms with E-state index in [9.17, 15) is 0 Å². The van der Waals surface area contributed by atoms with Crippen LogP contribution in [0.5, 0.6) is 0 Å². The minimum absolute atomic E-state index is 0.625. The first-order chi connectivity index (χ1) is 17.2. The van der Waals surface area contributed by atoms with Gasteiger partial charge in [0.1, 0.15) is 0 Å². The third kappa shape index (κ3) is 3.47. The quantitative estimate of drug-likeness (QED) is 0.209. The molecule has 0 saturated heterocycles. The van der Waals surface area contributed by atoms with E-state index in [1.54, 1.807) is 13.1 Å². The molecule has 3 heteroatoms. The first kappa shape index (κ1) is 21.2. The molecule has 0 bridgehead atoms. The fraction of sp³-hybridized carbons (Fsp3) is 0.0312. The molecule has 0 aliphatic rings. The average molecular weight is 467 g/mol. The Morgan fingerprint density at radius 1 is 0.800 bits per heavy atom. The summed E-state index contributed by atoms with van der Waals surface area (Å²) < 4.78 is 2.61. The molecule has 0 atom stereocenters. The van der Waals surface area contributed by atoms with E-state index in [2.05, 4.69) is 97.1 Å². The van der Waals surface area contributed by atoms with E-state index >= 15 is 0 Å². The number of nitrogens with two attached hydrogens (primary N) is 1. The summed E-state index contributed by atoms with van der Waals surface area (Å²) in [6, 6.07) is 34.8. The van der Waals surface area contributed by atoms with Gasteiger partial charge in [-0.15, -0.1) is 11.3 Å². The fourth-order valence-corrected chi connectivity index (χ4v) is 6.15. The van der Waals surface area contributed by atoms with Crippen molar-refractivity contribution in [3.8, 4) is 17.2 Å². The van der Waals surface area contributed by atoms with Crippen LogP contribution < -0.4 is 5.73 Å². The van der Waals surface area contributed by atoms with Crippen molar-refractivity contribution in [2.45, 2.75) is 6.92 Å². The lowest BCUT2D eigenvalue weighted by Gasteiger charge is -2.11. The molecule has 0 aliphatic carbocycles. The van der Waals surface area contributed by atoms with Gasteiger partial charge in [-0.1, -0.05) is 78.9 Å². The number of nitriles is 1. The molecular formula is C32H22N2S. The summed E-state index contributed by atoms with van der Waals surface area (Å²) in [5.41, 5.74) is 10.7. The minimum atomic E-state index is 0.625. The van der Waals surface area contributed by atoms with Crippen LogP contribution in [0.15, 0.2) is 109 Å². The highest BCUT2D eigenvalue weighted by Gasteiger charge is 2.15. The zero-order valence-corrected chi connectivity index (χ0v) is 20.1. The number of allylic oxidation sites excluding steroid dienone is 3. The Morgan fingerprint density at radius 2 is 1.49 bits per heavy atom. The number of fused-ring (bicyclic) bond motifs is 7. The molecule has 0 saturated carbocycles. The Hall–Kier alpha value is -4.39. The maximum absolute atomic E-state index is 9.13. The number of thiophene rings is 1. The maximum atomic E-state index is 9.13. The maximum Gasteiger partial charge on any atom is 0.0944 e. The molecule has 35 heavy (non-hydrogen) atoms. The molecule has 0 spiro atoms. The van der Waals surface area contributed by atoms with E-state index in [1.165, 1.54) is 47.3 Å². The van der Waals surface area contributed by atoms with E-state index in [-0.39, 0.29) is 0 Å². The van der Waals surface area contributed by atoms with Gasteiger partial charge in [0.2, 0.25) is 0 Å². The summed E-state index contributed by atoms with van der Waals surface area (Å²) in [5, 5.41) is 16.9. The summed E-state index contributed by atoms with van der Waals surface area (Å²) in [7, 11) is 0. The van der Waals surface area contributed by atoms with Gasteiger partial charge in [0, 0.05) is 31.9 Å². The monoisotopic (exact) mass is 466 g/mol. The van der Waals surface area contributed by atoms with Gasteiger partial charge in [0.05, 0.1) is 6.07 Å². The lowest BCUT2D eigenvalue weighted by Crippen LogP contribution is -1.89. The first-order valence-corrected chi connectivity index (χ1v) is 12.4. The van der Waals surface area contributed by atoms with Gasteiger partial charge in [-0.25, -0.2) is 0 Å². The molecular weight excluding hydrogens is 444 g/mol. The highest BCUT2D eigenvalue weighted by Crippen LogP contribution is 2.45.